The minimum atomic E-state index is -4.59. The molecule has 21 heavy (non-hydrogen) atoms. The minimum Gasteiger partial charge on any atom is -0.457 e. The highest BCUT2D eigenvalue weighted by molar-refractivity contribution is 6.33. The number of benzene rings is 2. The molecule has 0 atom stereocenters. The van der Waals surface area contributed by atoms with Crippen molar-refractivity contribution in [3.05, 3.63) is 52.5 Å². The van der Waals surface area contributed by atoms with Gasteiger partial charge in [-0.25, -0.2) is 0 Å². The average molecular weight is 313 g/mol. The first-order chi connectivity index (χ1) is 9.81. The third-order valence-electron chi connectivity index (χ3n) is 2.62. The highest BCUT2D eigenvalue weighted by atomic mass is 35.5. The van der Waals surface area contributed by atoms with Crippen LogP contribution in [0.15, 0.2) is 36.4 Å². The van der Waals surface area contributed by atoms with Crippen LogP contribution in [0.4, 0.5) is 18.9 Å². The Morgan fingerprint density at radius 1 is 1.10 bits per heavy atom. The van der Waals surface area contributed by atoms with Crippen LogP contribution in [0.5, 0.6) is 11.5 Å². The molecule has 0 spiro atoms. The molecule has 0 aliphatic rings. The standard InChI is InChI=1S/C14H8ClF3N2O/c15-12-6-10(2-4-13(12)20)21-9-1-3-11(14(16,17)18)8(5-9)7-19/h1-6H,20H2. The Balaban J connectivity index is 2.34. The minimum absolute atomic E-state index is 0.0976. The fraction of sp³-hybridized carbons (Fsp3) is 0.0714. The van der Waals surface area contributed by atoms with E-state index in [1.54, 1.807) is 0 Å². The molecule has 2 aromatic rings. The number of nitrogen functional groups attached to an aromatic ring is 1. The molecule has 0 amide bonds. The molecule has 0 aliphatic carbocycles. The van der Waals surface area contributed by atoms with Gasteiger partial charge in [-0.15, -0.1) is 0 Å². The van der Waals surface area contributed by atoms with E-state index < -0.39 is 17.3 Å². The summed E-state index contributed by atoms with van der Waals surface area (Å²) in [5, 5.41) is 9.07. The second kappa shape index (κ2) is 5.54. The monoisotopic (exact) mass is 312 g/mol. The van der Waals surface area contributed by atoms with Gasteiger partial charge < -0.3 is 10.5 Å². The van der Waals surface area contributed by atoms with Crippen molar-refractivity contribution in [2.45, 2.75) is 6.18 Å². The molecule has 108 valence electrons. The molecule has 0 bridgehead atoms. The predicted molar refractivity (Wildman–Crippen MR) is 72.1 cm³/mol. The van der Waals surface area contributed by atoms with Crippen molar-refractivity contribution < 1.29 is 17.9 Å². The van der Waals surface area contributed by atoms with Gasteiger partial charge >= 0.3 is 6.18 Å². The molecule has 7 heteroatoms. The largest absolute Gasteiger partial charge is 0.457 e. The van der Waals surface area contributed by atoms with E-state index in [0.717, 1.165) is 18.2 Å². The lowest BCUT2D eigenvalue weighted by molar-refractivity contribution is -0.137. The van der Waals surface area contributed by atoms with Crippen molar-refractivity contribution in [1.82, 2.24) is 0 Å². The van der Waals surface area contributed by atoms with Gasteiger partial charge in [0.15, 0.2) is 0 Å². The van der Waals surface area contributed by atoms with E-state index in [1.165, 1.54) is 24.3 Å². The van der Waals surface area contributed by atoms with Crippen molar-refractivity contribution in [3.63, 3.8) is 0 Å². The summed E-state index contributed by atoms with van der Waals surface area (Å²) >= 11 is 5.82. The fourth-order valence-corrected chi connectivity index (χ4v) is 1.80. The lowest BCUT2D eigenvalue weighted by Gasteiger charge is -2.11. The summed E-state index contributed by atoms with van der Waals surface area (Å²) in [6.45, 7) is 0. The summed E-state index contributed by atoms with van der Waals surface area (Å²) in [4.78, 5) is 0. The zero-order valence-corrected chi connectivity index (χ0v) is 11.2. The maximum absolute atomic E-state index is 12.7. The van der Waals surface area contributed by atoms with Crippen molar-refractivity contribution in [3.8, 4) is 17.6 Å². The summed E-state index contributed by atoms with van der Waals surface area (Å²) in [6.07, 6.45) is -4.59. The highest BCUT2D eigenvalue weighted by Crippen LogP contribution is 2.35. The Morgan fingerprint density at radius 2 is 1.71 bits per heavy atom. The topological polar surface area (TPSA) is 59.0 Å². The van der Waals surface area contributed by atoms with E-state index in [1.807, 2.05) is 0 Å². The molecule has 0 unspecified atom stereocenters. The predicted octanol–water partition coefficient (Wildman–Crippen LogP) is 4.60. The molecular weight excluding hydrogens is 305 g/mol. The lowest BCUT2D eigenvalue weighted by atomic mass is 10.1. The van der Waals surface area contributed by atoms with Crippen LogP contribution in [-0.2, 0) is 6.18 Å². The summed E-state index contributed by atoms with van der Waals surface area (Å²) < 4.78 is 43.4. The van der Waals surface area contributed by atoms with Gasteiger partial charge in [0.05, 0.1) is 27.9 Å². The van der Waals surface area contributed by atoms with Crippen molar-refractivity contribution in [2.75, 3.05) is 5.73 Å². The maximum atomic E-state index is 12.7. The number of alkyl halides is 3. The van der Waals surface area contributed by atoms with E-state index in [9.17, 15) is 13.2 Å². The van der Waals surface area contributed by atoms with Crippen LogP contribution in [0.1, 0.15) is 11.1 Å². The molecule has 0 radical (unpaired) electrons. The van der Waals surface area contributed by atoms with Gasteiger partial charge in [0, 0.05) is 6.07 Å². The normalized spacial score (nSPS) is 11.0. The van der Waals surface area contributed by atoms with E-state index in [0.29, 0.717) is 11.4 Å². The summed E-state index contributed by atoms with van der Waals surface area (Å²) in [7, 11) is 0. The second-order valence-corrected chi connectivity index (χ2v) is 4.51. The van der Waals surface area contributed by atoms with Crippen LogP contribution in [0.25, 0.3) is 0 Å². The van der Waals surface area contributed by atoms with Gasteiger partial charge in [-0.05, 0) is 30.3 Å². The zero-order valence-electron chi connectivity index (χ0n) is 10.4. The number of anilines is 1. The number of nitriles is 1. The van der Waals surface area contributed by atoms with Gasteiger partial charge in [-0.3, -0.25) is 0 Å². The van der Waals surface area contributed by atoms with Crippen LogP contribution in [0.3, 0.4) is 0 Å². The van der Waals surface area contributed by atoms with Crippen molar-refractivity contribution >= 4 is 17.3 Å². The van der Waals surface area contributed by atoms with Gasteiger partial charge in [0.1, 0.15) is 11.5 Å². The molecule has 0 aromatic heterocycles. The Kier molecular flexibility index (Phi) is 3.96. The summed E-state index contributed by atoms with van der Waals surface area (Å²) in [5.41, 5.74) is 4.38. The van der Waals surface area contributed by atoms with Crippen LogP contribution < -0.4 is 10.5 Å². The van der Waals surface area contributed by atoms with Crippen molar-refractivity contribution in [2.24, 2.45) is 0 Å². The SMILES string of the molecule is N#Cc1cc(Oc2ccc(N)c(Cl)c2)ccc1C(F)(F)F. The molecule has 2 N–H and O–H groups in total. The Hall–Kier alpha value is -2.39. The van der Waals surface area contributed by atoms with E-state index in [2.05, 4.69) is 0 Å². The quantitative estimate of drug-likeness (QED) is 0.824. The molecule has 0 aliphatic heterocycles. The molecule has 0 heterocycles. The molecule has 2 aromatic carbocycles. The van der Waals surface area contributed by atoms with Crippen LogP contribution in [-0.4, -0.2) is 0 Å². The van der Waals surface area contributed by atoms with Gasteiger partial charge in [-0.2, -0.15) is 18.4 Å². The number of ether oxygens (including phenoxy) is 1. The first kappa shape index (κ1) is 15.0. The second-order valence-electron chi connectivity index (χ2n) is 4.10. The van der Waals surface area contributed by atoms with Gasteiger partial charge in [-0.1, -0.05) is 11.6 Å². The number of hydrogen-bond acceptors (Lipinski definition) is 3. The Bertz CT molecular complexity index is 723. The first-order valence-corrected chi connectivity index (χ1v) is 6.03. The molecule has 0 saturated heterocycles. The molecular formula is C14H8ClF3N2O. The number of nitrogens with zero attached hydrogens (tertiary/aromatic N) is 1. The number of halogens is 4. The molecule has 2 rings (SSSR count). The third-order valence-corrected chi connectivity index (χ3v) is 2.95. The number of rotatable bonds is 2. The first-order valence-electron chi connectivity index (χ1n) is 5.65. The molecule has 3 nitrogen and oxygen atoms in total. The smallest absolute Gasteiger partial charge is 0.417 e. The third kappa shape index (κ3) is 3.38. The van der Waals surface area contributed by atoms with Crippen molar-refractivity contribution in [1.29, 1.82) is 5.26 Å². The molecule has 0 saturated carbocycles. The summed E-state index contributed by atoms with van der Waals surface area (Å²) in [5.74, 6) is 0.401. The summed E-state index contributed by atoms with van der Waals surface area (Å²) in [6, 6.07) is 8.91. The van der Waals surface area contributed by atoms with E-state index in [-0.39, 0.29) is 10.8 Å². The van der Waals surface area contributed by atoms with Gasteiger partial charge in [0.2, 0.25) is 0 Å². The zero-order chi connectivity index (χ0) is 15.6. The number of hydrogen-bond donors (Lipinski definition) is 1. The van der Waals surface area contributed by atoms with E-state index >= 15 is 0 Å². The lowest BCUT2D eigenvalue weighted by Crippen LogP contribution is -2.07. The Morgan fingerprint density at radius 3 is 2.29 bits per heavy atom. The number of nitrogens with two attached hydrogens (primary N) is 1. The maximum Gasteiger partial charge on any atom is 0.417 e. The van der Waals surface area contributed by atoms with Gasteiger partial charge in [0.25, 0.3) is 0 Å². The van der Waals surface area contributed by atoms with Crippen LogP contribution in [0.2, 0.25) is 5.02 Å². The Labute approximate surface area is 123 Å². The fourth-order valence-electron chi connectivity index (χ4n) is 1.63. The van der Waals surface area contributed by atoms with Crippen LogP contribution >= 0.6 is 11.6 Å². The highest BCUT2D eigenvalue weighted by Gasteiger charge is 2.33. The van der Waals surface area contributed by atoms with Crippen LogP contribution in [0, 0.1) is 11.3 Å². The van der Waals surface area contributed by atoms with E-state index in [4.69, 9.17) is 27.3 Å². The average Bonchev–Trinajstić information content (AvgIpc) is 2.41. The molecule has 0 fully saturated rings.